The van der Waals surface area contributed by atoms with Crippen molar-refractivity contribution in [1.82, 2.24) is 20.4 Å². The van der Waals surface area contributed by atoms with Crippen molar-refractivity contribution in [3.05, 3.63) is 17.0 Å². The fourth-order valence-corrected chi connectivity index (χ4v) is 3.22. The Morgan fingerprint density at radius 3 is 2.76 bits per heavy atom. The summed E-state index contributed by atoms with van der Waals surface area (Å²) >= 11 is 1.89. The van der Waals surface area contributed by atoms with Crippen LogP contribution in [0.15, 0.2) is 0 Å². The number of aromatic nitrogens is 2. The largest absolute Gasteiger partial charge is 0.348 e. The van der Waals surface area contributed by atoms with Crippen LogP contribution in [0.2, 0.25) is 0 Å². The second-order valence-corrected chi connectivity index (χ2v) is 6.60. The first-order valence-electron chi connectivity index (χ1n) is 7.71. The van der Waals surface area contributed by atoms with Crippen LogP contribution in [0.3, 0.4) is 0 Å². The highest BCUT2D eigenvalue weighted by Gasteiger charge is 2.23. The molecule has 1 saturated heterocycles. The van der Waals surface area contributed by atoms with Crippen molar-refractivity contribution in [3.8, 4) is 0 Å². The number of aromatic amines is 1. The lowest BCUT2D eigenvalue weighted by atomic mass is 10.0. The predicted octanol–water partition coefficient (Wildman–Crippen LogP) is 1.84. The summed E-state index contributed by atoms with van der Waals surface area (Å²) in [6, 6.07) is 0.282. The SMILES string of the molecule is CCc1[nH]nc(C(=O)NC2CCN(CCSC)CC2)c1C. The minimum atomic E-state index is -0.0361. The fourth-order valence-electron chi connectivity index (χ4n) is 2.77. The standard InChI is InChI=1S/C15H26N4OS/c1-4-13-11(2)14(18-17-13)15(20)16-12-5-7-19(8-6-12)9-10-21-3/h12H,4-10H2,1-3H3,(H,16,20)(H,17,18). The molecule has 0 unspecified atom stereocenters. The van der Waals surface area contributed by atoms with Gasteiger partial charge in [-0.15, -0.1) is 0 Å². The molecule has 1 amide bonds. The van der Waals surface area contributed by atoms with Gasteiger partial charge in [0.05, 0.1) is 0 Å². The van der Waals surface area contributed by atoms with Crippen molar-refractivity contribution >= 4 is 17.7 Å². The Morgan fingerprint density at radius 1 is 1.48 bits per heavy atom. The molecule has 2 rings (SSSR count). The quantitative estimate of drug-likeness (QED) is 0.841. The summed E-state index contributed by atoms with van der Waals surface area (Å²) in [5.74, 6) is 1.15. The van der Waals surface area contributed by atoms with Crippen LogP contribution in [0.25, 0.3) is 0 Å². The van der Waals surface area contributed by atoms with Crippen molar-refractivity contribution < 1.29 is 4.79 Å². The zero-order valence-electron chi connectivity index (χ0n) is 13.2. The topological polar surface area (TPSA) is 61.0 Å². The first-order chi connectivity index (χ1) is 10.2. The van der Waals surface area contributed by atoms with E-state index >= 15 is 0 Å². The molecule has 21 heavy (non-hydrogen) atoms. The molecule has 1 fully saturated rings. The number of aryl methyl sites for hydroxylation is 1. The van der Waals surface area contributed by atoms with Gasteiger partial charge in [0.15, 0.2) is 5.69 Å². The second-order valence-electron chi connectivity index (χ2n) is 5.61. The van der Waals surface area contributed by atoms with Gasteiger partial charge >= 0.3 is 0 Å². The zero-order valence-corrected chi connectivity index (χ0v) is 14.1. The Labute approximate surface area is 131 Å². The zero-order chi connectivity index (χ0) is 15.2. The number of thioether (sulfide) groups is 1. The Morgan fingerprint density at radius 2 is 2.19 bits per heavy atom. The smallest absolute Gasteiger partial charge is 0.272 e. The van der Waals surface area contributed by atoms with E-state index < -0.39 is 0 Å². The number of hydrogen-bond donors (Lipinski definition) is 2. The van der Waals surface area contributed by atoms with Crippen molar-refractivity contribution in [2.75, 3.05) is 31.6 Å². The van der Waals surface area contributed by atoms with Crippen molar-refractivity contribution in [2.45, 2.75) is 39.2 Å². The van der Waals surface area contributed by atoms with Crippen molar-refractivity contribution in [2.24, 2.45) is 0 Å². The number of H-pyrrole nitrogens is 1. The van der Waals surface area contributed by atoms with Gasteiger partial charge < -0.3 is 10.2 Å². The third-order valence-electron chi connectivity index (χ3n) is 4.21. The highest BCUT2D eigenvalue weighted by atomic mass is 32.2. The third-order valence-corrected chi connectivity index (χ3v) is 4.80. The van der Waals surface area contributed by atoms with E-state index in [1.807, 2.05) is 18.7 Å². The lowest BCUT2D eigenvalue weighted by molar-refractivity contribution is 0.0907. The molecule has 1 aromatic rings. The van der Waals surface area contributed by atoms with Gasteiger partial charge in [-0.1, -0.05) is 6.92 Å². The summed E-state index contributed by atoms with van der Waals surface area (Å²) in [5, 5.41) is 10.2. The van der Waals surface area contributed by atoms with Gasteiger partial charge in [0.2, 0.25) is 0 Å². The van der Waals surface area contributed by atoms with Crippen molar-refractivity contribution in [3.63, 3.8) is 0 Å². The number of carbonyl (C=O) groups excluding carboxylic acids is 1. The molecule has 5 nitrogen and oxygen atoms in total. The highest BCUT2D eigenvalue weighted by Crippen LogP contribution is 2.14. The number of amides is 1. The number of nitrogens with one attached hydrogen (secondary N) is 2. The molecule has 0 bridgehead atoms. The van der Waals surface area contributed by atoms with Crippen LogP contribution in [0.5, 0.6) is 0 Å². The van der Waals surface area contributed by atoms with Crippen LogP contribution in [0, 0.1) is 6.92 Å². The normalized spacial score (nSPS) is 17.1. The van der Waals surface area contributed by atoms with Crippen molar-refractivity contribution in [1.29, 1.82) is 0 Å². The van der Waals surface area contributed by atoms with Gasteiger partial charge in [0.25, 0.3) is 5.91 Å². The molecule has 1 aromatic heterocycles. The molecule has 0 saturated carbocycles. The Balaban J connectivity index is 1.83. The molecule has 118 valence electrons. The number of carbonyl (C=O) groups is 1. The maximum Gasteiger partial charge on any atom is 0.272 e. The first kappa shape index (κ1) is 16.4. The number of rotatable bonds is 6. The number of piperidine rings is 1. The van der Waals surface area contributed by atoms with Crippen LogP contribution in [0.4, 0.5) is 0 Å². The minimum Gasteiger partial charge on any atom is -0.348 e. The van der Waals surface area contributed by atoms with Gasteiger partial charge in [-0.05, 0) is 32.4 Å². The number of likely N-dealkylation sites (tertiary alicyclic amines) is 1. The van der Waals surface area contributed by atoms with E-state index in [4.69, 9.17) is 0 Å². The van der Waals surface area contributed by atoms with Crippen LogP contribution < -0.4 is 5.32 Å². The molecular formula is C15H26N4OS. The van der Waals surface area contributed by atoms with Crippen LogP contribution in [0.1, 0.15) is 41.5 Å². The summed E-state index contributed by atoms with van der Waals surface area (Å²) in [6.07, 6.45) is 5.08. The molecule has 0 aliphatic carbocycles. The van der Waals surface area contributed by atoms with Gasteiger partial charge in [0, 0.05) is 42.7 Å². The molecular weight excluding hydrogens is 284 g/mol. The van der Waals surface area contributed by atoms with E-state index in [-0.39, 0.29) is 11.9 Å². The summed E-state index contributed by atoms with van der Waals surface area (Å²) in [6.45, 7) is 7.32. The molecule has 0 atom stereocenters. The molecule has 1 aliphatic rings. The van der Waals surface area contributed by atoms with E-state index in [2.05, 4.69) is 33.6 Å². The first-order valence-corrected chi connectivity index (χ1v) is 9.11. The lowest BCUT2D eigenvalue weighted by Crippen LogP contribution is -2.45. The Hall–Kier alpha value is -1.01. The highest BCUT2D eigenvalue weighted by molar-refractivity contribution is 7.98. The maximum atomic E-state index is 12.3. The third kappa shape index (κ3) is 4.23. The van der Waals surface area contributed by atoms with E-state index in [0.29, 0.717) is 5.69 Å². The Kier molecular flexibility index (Phi) is 6.11. The van der Waals surface area contributed by atoms with E-state index in [9.17, 15) is 4.79 Å². The van der Waals surface area contributed by atoms with Crippen LogP contribution in [-0.2, 0) is 6.42 Å². The summed E-state index contributed by atoms with van der Waals surface area (Å²) in [5.41, 5.74) is 2.58. The van der Waals surface area contributed by atoms with Gasteiger partial charge in [-0.2, -0.15) is 16.9 Å². The maximum absolute atomic E-state index is 12.3. The second kappa shape index (κ2) is 7.84. The number of nitrogens with zero attached hydrogens (tertiary/aromatic N) is 2. The van der Waals surface area contributed by atoms with E-state index in [1.54, 1.807) is 0 Å². The molecule has 0 aromatic carbocycles. The lowest BCUT2D eigenvalue weighted by Gasteiger charge is -2.32. The predicted molar refractivity (Wildman–Crippen MR) is 88.0 cm³/mol. The van der Waals surface area contributed by atoms with Crippen LogP contribution in [-0.4, -0.2) is 58.7 Å². The monoisotopic (exact) mass is 310 g/mol. The molecule has 0 radical (unpaired) electrons. The Bertz CT molecular complexity index is 466. The van der Waals surface area contributed by atoms with E-state index in [1.165, 1.54) is 5.75 Å². The number of hydrogen-bond acceptors (Lipinski definition) is 4. The molecule has 2 heterocycles. The van der Waals surface area contributed by atoms with Gasteiger partial charge in [-0.25, -0.2) is 0 Å². The summed E-state index contributed by atoms with van der Waals surface area (Å²) < 4.78 is 0. The van der Waals surface area contributed by atoms with Gasteiger partial charge in [-0.3, -0.25) is 9.89 Å². The fraction of sp³-hybridized carbons (Fsp3) is 0.733. The van der Waals surface area contributed by atoms with E-state index in [0.717, 1.165) is 50.2 Å². The van der Waals surface area contributed by atoms with Crippen LogP contribution >= 0.6 is 11.8 Å². The average Bonchev–Trinajstić information content (AvgIpc) is 2.87. The molecule has 0 spiro atoms. The molecule has 2 N–H and O–H groups in total. The molecule has 1 aliphatic heterocycles. The van der Waals surface area contributed by atoms with Gasteiger partial charge in [0.1, 0.15) is 0 Å². The summed E-state index contributed by atoms with van der Waals surface area (Å²) in [4.78, 5) is 14.8. The minimum absolute atomic E-state index is 0.0361. The average molecular weight is 310 g/mol. The summed E-state index contributed by atoms with van der Waals surface area (Å²) in [7, 11) is 0. The molecule has 6 heteroatoms.